The summed E-state index contributed by atoms with van der Waals surface area (Å²) < 4.78 is 1.95. The fourth-order valence-electron chi connectivity index (χ4n) is 2.69. The van der Waals surface area contributed by atoms with Gasteiger partial charge in [0.25, 0.3) is 0 Å². The van der Waals surface area contributed by atoms with Crippen LogP contribution in [0.1, 0.15) is 39.0 Å². The van der Waals surface area contributed by atoms with Crippen molar-refractivity contribution < 1.29 is 4.79 Å². The van der Waals surface area contributed by atoms with Crippen molar-refractivity contribution in [1.29, 1.82) is 0 Å². The lowest BCUT2D eigenvalue weighted by molar-refractivity contribution is -0.114. The van der Waals surface area contributed by atoms with Crippen molar-refractivity contribution in [2.24, 2.45) is 10.2 Å². The van der Waals surface area contributed by atoms with Gasteiger partial charge in [0.05, 0.1) is 11.4 Å². The molecule has 1 amide bonds. The van der Waals surface area contributed by atoms with Gasteiger partial charge >= 0.3 is 0 Å². The molecular formula is C20H23N5O. The van der Waals surface area contributed by atoms with Crippen molar-refractivity contribution in [2.45, 2.75) is 40.0 Å². The summed E-state index contributed by atoms with van der Waals surface area (Å²) in [6.07, 6.45) is 1.97. The van der Waals surface area contributed by atoms with Gasteiger partial charge in [-0.2, -0.15) is 0 Å². The fourth-order valence-corrected chi connectivity index (χ4v) is 2.69. The van der Waals surface area contributed by atoms with Crippen LogP contribution in [0.25, 0.3) is 5.65 Å². The Morgan fingerprint density at radius 2 is 1.92 bits per heavy atom. The van der Waals surface area contributed by atoms with Crippen LogP contribution < -0.4 is 5.32 Å². The second-order valence-corrected chi connectivity index (χ2v) is 7.40. The Hall–Kier alpha value is -3.02. The summed E-state index contributed by atoms with van der Waals surface area (Å²) >= 11 is 0. The number of nitrogens with zero attached hydrogens (tertiary/aromatic N) is 4. The molecule has 0 aliphatic rings. The standard InChI is InChI=1S/C20H23N5O/c1-13-9-10-25-17(11-13)22-18(20(3,4)5)19(25)24-23-16-8-6-7-15(12-16)21-14(2)26/h6-12H,1-5H3,(H,21,26). The number of carbonyl (C=O) groups is 1. The molecule has 134 valence electrons. The highest BCUT2D eigenvalue weighted by atomic mass is 16.1. The summed E-state index contributed by atoms with van der Waals surface area (Å²) in [4.78, 5) is 16.0. The maximum absolute atomic E-state index is 11.2. The summed E-state index contributed by atoms with van der Waals surface area (Å²) in [6.45, 7) is 9.85. The molecule has 0 radical (unpaired) electrons. The van der Waals surface area contributed by atoms with Gasteiger partial charge in [-0.1, -0.05) is 26.8 Å². The van der Waals surface area contributed by atoms with Gasteiger partial charge in [0.2, 0.25) is 5.91 Å². The summed E-state index contributed by atoms with van der Waals surface area (Å²) in [7, 11) is 0. The first kappa shape index (κ1) is 17.8. The predicted molar refractivity (Wildman–Crippen MR) is 104 cm³/mol. The van der Waals surface area contributed by atoms with Crippen LogP contribution in [-0.2, 0) is 10.2 Å². The van der Waals surface area contributed by atoms with E-state index in [4.69, 9.17) is 4.98 Å². The van der Waals surface area contributed by atoms with Gasteiger partial charge in [0.1, 0.15) is 5.65 Å². The lowest BCUT2D eigenvalue weighted by Gasteiger charge is -2.15. The van der Waals surface area contributed by atoms with Gasteiger partial charge in [0.15, 0.2) is 5.82 Å². The molecule has 6 heteroatoms. The largest absolute Gasteiger partial charge is 0.326 e. The van der Waals surface area contributed by atoms with E-state index in [1.807, 2.05) is 47.9 Å². The minimum Gasteiger partial charge on any atom is -0.326 e. The van der Waals surface area contributed by atoms with Gasteiger partial charge in [-0.05, 0) is 42.8 Å². The number of carbonyl (C=O) groups excluding carboxylic acids is 1. The molecule has 6 nitrogen and oxygen atoms in total. The van der Waals surface area contributed by atoms with E-state index in [-0.39, 0.29) is 11.3 Å². The Bertz CT molecular complexity index is 995. The minimum atomic E-state index is -0.160. The number of anilines is 1. The van der Waals surface area contributed by atoms with Gasteiger partial charge in [-0.25, -0.2) is 4.98 Å². The Balaban J connectivity index is 2.05. The number of amides is 1. The zero-order valence-corrected chi connectivity index (χ0v) is 15.7. The molecule has 0 aliphatic carbocycles. The van der Waals surface area contributed by atoms with Crippen molar-refractivity contribution in [3.8, 4) is 0 Å². The molecule has 0 atom stereocenters. The molecule has 1 aromatic carbocycles. The third-order valence-corrected chi connectivity index (χ3v) is 3.89. The minimum absolute atomic E-state index is 0.119. The van der Waals surface area contributed by atoms with E-state index in [9.17, 15) is 4.79 Å². The summed E-state index contributed by atoms with van der Waals surface area (Å²) in [5, 5.41) is 11.6. The first-order valence-electron chi connectivity index (χ1n) is 8.52. The number of fused-ring (bicyclic) bond motifs is 1. The van der Waals surface area contributed by atoms with E-state index in [0.29, 0.717) is 11.4 Å². The molecule has 0 saturated heterocycles. The summed E-state index contributed by atoms with van der Waals surface area (Å²) in [6, 6.07) is 11.3. The van der Waals surface area contributed by atoms with Gasteiger partial charge in [0, 0.05) is 24.2 Å². The summed E-state index contributed by atoms with van der Waals surface area (Å²) in [5.74, 6) is 0.601. The topological polar surface area (TPSA) is 71.1 Å². The van der Waals surface area contributed by atoms with Gasteiger partial charge in [-0.15, -0.1) is 10.2 Å². The quantitative estimate of drug-likeness (QED) is 0.651. The van der Waals surface area contributed by atoms with Crippen LogP contribution in [0, 0.1) is 6.92 Å². The maximum atomic E-state index is 11.2. The van der Waals surface area contributed by atoms with Gasteiger partial charge in [-0.3, -0.25) is 9.20 Å². The van der Waals surface area contributed by atoms with Crippen LogP contribution in [0.2, 0.25) is 0 Å². The number of azo groups is 1. The molecule has 2 aromatic heterocycles. The Morgan fingerprint density at radius 3 is 2.62 bits per heavy atom. The number of rotatable bonds is 3. The molecule has 0 saturated carbocycles. The highest BCUT2D eigenvalue weighted by Gasteiger charge is 2.24. The molecule has 0 unspecified atom stereocenters. The number of nitrogens with one attached hydrogen (secondary N) is 1. The number of benzene rings is 1. The lowest BCUT2D eigenvalue weighted by Crippen LogP contribution is -2.11. The zero-order chi connectivity index (χ0) is 18.9. The molecule has 3 rings (SSSR count). The van der Waals surface area contributed by atoms with E-state index in [1.165, 1.54) is 6.92 Å². The SMILES string of the molecule is CC(=O)Nc1cccc(N=Nc2c(C(C)(C)C)nc3cc(C)ccn23)c1. The summed E-state index contributed by atoms with van der Waals surface area (Å²) in [5.41, 5.74) is 4.10. The molecule has 26 heavy (non-hydrogen) atoms. The van der Waals surface area contributed by atoms with Crippen LogP contribution in [0.4, 0.5) is 17.2 Å². The zero-order valence-electron chi connectivity index (χ0n) is 15.7. The Kier molecular flexibility index (Phi) is 4.59. The first-order chi connectivity index (χ1) is 12.2. The first-order valence-corrected chi connectivity index (χ1v) is 8.52. The smallest absolute Gasteiger partial charge is 0.221 e. The van der Waals surface area contributed by atoms with Crippen LogP contribution in [0.5, 0.6) is 0 Å². The number of hydrogen-bond donors (Lipinski definition) is 1. The molecule has 3 aromatic rings. The Morgan fingerprint density at radius 1 is 1.15 bits per heavy atom. The fraction of sp³-hybridized carbons (Fsp3) is 0.300. The third kappa shape index (κ3) is 3.79. The van der Waals surface area contributed by atoms with E-state index in [2.05, 4.69) is 36.3 Å². The lowest BCUT2D eigenvalue weighted by atomic mass is 9.92. The Labute approximate surface area is 153 Å². The number of aryl methyl sites for hydroxylation is 1. The highest BCUT2D eigenvalue weighted by molar-refractivity contribution is 5.89. The van der Waals surface area contributed by atoms with Crippen LogP contribution in [-0.4, -0.2) is 15.3 Å². The van der Waals surface area contributed by atoms with E-state index in [1.54, 1.807) is 6.07 Å². The van der Waals surface area contributed by atoms with E-state index >= 15 is 0 Å². The molecule has 0 fully saturated rings. The molecule has 0 spiro atoms. The predicted octanol–water partition coefficient (Wildman–Crippen LogP) is 5.31. The normalized spacial score (nSPS) is 12.0. The molecule has 1 N–H and O–H groups in total. The van der Waals surface area contributed by atoms with E-state index < -0.39 is 0 Å². The third-order valence-electron chi connectivity index (χ3n) is 3.89. The van der Waals surface area contributed by atoms with Gasteiger partial charge < -0.3 is 5.32 Å². The van der Waals surface area contributed by atoms with Crippen LogP contribution in [0.15, 0.2) is 52.8 Å². The molecular weight excluding hydrogens is 326 g/mol. The number of pyridine rings is 1. The van der Waals surface area contributed by atoms with E-state index in [0.717, 1.165) is 22.7 Å². The molecule has 0 aliphatic heterocycles. The number of hydrogen-bond acceptors (Lipinski definition) is 4. The average molecular weight is 349 g/mol. The van der Waals surface area contributed by atoms with Crippen molar-refractivity contribution >= 4 is 28.7 Å². The monoisotopic (exact) mass is 349 g/mol. The van der Waals surface area contributed by atoms with Crippen LogP contribution in [0.3, 0.4) is 0 Å². The van der Waals surface area contributed by atoms with Crippen LogP contribution >= 0.6 is 0 Å². The van der Waals surface area contributed by atoms with Crippen molar-refractivity contribution in [1.82, 2.24) is 9.38 Å². The maximum Gasteiger partial charge on any atom is 0.221 e. The average Bonchev–Trinajstić information content (AvgIpc) is 2.90. The second-order valence-electron chi connectivity index (χ2n) is 7.40. The van der Waals surface area contributed by atoms with Crippen molar-refractivity contribution in [2.75, 3.05) is 5.32 Å². The second kappa shape index (κ2) is 6.71. The van der Waals surface area contributed by atoms with Crippen molar-refractivity contribution in [3.63, 3.8) is 0 Å². The molecule has 0 bridgehead atoms. The van der Waals surface area contributed by atoms with Crippen molar-refractivity contribution in [3.05, 3.63) is 53.9 Å². The number of aromatic nitrogens is 2. The number of imidazole rings is 1. The molecule has 2 heterocycles. The highest BCUT2D eigenvalue weighted by Crippen LogP contribution is 2.33.